The number of benzene rings is 3. The number of ketones is 1. The van der Waals surface area contributed by atoms with Gasteiger partial charge in [-0.1, -0.05) is 23.5 Å². The third kappa shape index (κ3) is 4.59. The van der Waals surface area contributed by atoms with Gasteiger partial charge in [0.15, 0.2) is 16.6 Å². The van der Waals surface area contributed by atoms with Gasteiger partial charge < -0.3 is 19.3 Å². The van der Waals surface area contributed by atoms with Gasteiger partial charge in [-0.2, -0.15) is 0 Å². The summed E-state index contributed by atoms with van der Waals surface area (Å²) in [6, 6.07) is 15.2. The van der Waals surface area contributed by atoms with Gasteiger partial charge in [-0.3, -0.25) is 14.5 Å². The Bertz CT molecular complexity index is 1640. The molecule has 39 heavy (non-hydrogen) atoms. The SMILES string of the molecule is CCOc1ccc([C@@H]2/C(=C(\O)c3ccc(OC)c(C)c3)C(=O)C(=O)N2c2nc3ccc(C)cc3s2)cc1OC. The summed E-state index contributed by atoms with van der Waals surface area (Å²) >= 11 is 1.32. The summed E-state index contributed by atoms with van der Waals surface area (Å²) in [5, 5.41) is 11.9. The van der Waals surface area contributed by atoms with Crippen molar-refractivity contribution in [1.29, 1.82) is 0 Å². The van der Waals surface area contributed by atoms with Crippen LogP contribution in [0.4, 0.5) is 5.13 Å². The normalized spacial score (nSPS) is 16.6. The van der Waals surface area contributed by atoms with E-state index in [1.165, 1.54) is 23.3 Å². The molecule has 1 N–H and O–H groups in total. The molecule has 1 aromatic heterocycles. The average molecular weight is 545 g/mol. The molecular formula is C30H28N2O6S. The zero-order valence-electron chi connectivity index (χ0n) is 22.3. The summed E-state index contributed by atoms with van der Waals surface area (Å²) in [7, 11) is 3.08. The van der Waals surface area contributed by atoms with E-state index in [9.17, 15) is 14.7 Å². The number of carbonyl (C=O) groups excluding carboxylic acids is 2. The van der Waals surface area contributed by atoms with Crippen LogP contribution in [0.2, 0.25) is 0 Å². The summed E-state index contributed by atoms with van der Waals surface area (Å²) in [5.74, 6) is -0.229. The van der Waals surface area contributed by atoms with E-state index < -0.39 is 17.7 Å². The quantitative estimate of drug-likeness (QED) is 0.174. The first-order chi connectivity index (χ1) is 18.8. The van der Waals surface area contributed by atoms with Crippen molar-refractivity contribution in [1.82, 2.24) is 4.98 Å². The second-order valence-corrected chi connectivity index (χ2v) is 10.2. The summed E-state index contributed by atoms with van der Waals surface area (Å²) in [6.07, 6.45) is 0. The minimum atomic E-state index is -0.946. The lowest BCUT2D eigenvalue weighted by atomic mass is 9.94. The Labute approximate surface area is 230 Å². The maximum absolute atomic E-state index is 13.6. The minimum Gasteiger partial charge on any atom is -0.507 e. The Hall–Kier alpha value is -4.37. The smallest absolute Gasteiger partial charge is 0.301 e. The van der Waals surface area contributed by atoms with E-state index in [4.69, 9.17) is 14.2 Å². The van der Waals surface area contributed by atoms with Crippen LogP contribution in [0.25, 0.3) is 16.0 Å². The molecule has 1 aliphatic rings. The van der Waals surface area contributed by atoms with E-state index >= 15 is 0 Å². The number of rotatable bonds is 7. The van der Waals surface area contributed by atoms with E-state index in [-0.39, 0.29) is 11.3 Å². The summed E-state index contributed by atoms with van der Waals surface area (Å²) < 4.78 is 17.5. The van der Waals surface area contributed by atoms with Gasteiger partial charge in [-0.05, 0) is 79.9 Å². The number of amides is 1. The number of ether oxygens (including phenoxy) is 3. The molecule has 0 saturated carbocycles. The minimum absolute atomic E-state index is 0.0359. The fraction of sp³-hybridized carbons (Fsp3) is 0.233. The summed E-state index contributed by atoms with van der Waals surface area (Å²) in [4.78, 5) is 33.2. The molecule has 0 radical (unpaired) electrons. The number of thiazole rings is 1. The first-order valence-electron chi connectivity index (χ1n) is 12.4. The van der Waals surface area contributed by atoms with Gasteiger partial charge in [0.2, 0.25) is 0 Å². The average Bonchev–Trinajstić information content (AvgIpc) is 3.46. The van der Waals surface area contributed by atoms with Crippen molar-refractivity contribution in [3.05, 3.63) is 82.4 Å². The lowest BCUT2D eigenvalue weighted by Gasteiger charge is -2.24. The van der Waals surface area contributed by atoms with Crippen LogP contribution in [0.3, 0.4) is 0 Å². The number of fused-ring (bicyclic) bond motifs is 1. The molecule has 1 aliphatic heterocycles. The van der Waals surface area contributed by atoms with Crippen LogP contribution in [0.5, 0.6) is 17.2 Å². The number of aliphatic hydroxyl groups excluding tert-OH is 1. The zero-order chi connectivity index (χ0) is 27.8. The highest BCUT2D eigenvalue weighted by Gasteiger charge is 2.48. The van der Waals surface area contributed by atoms with Gasteiger partial charge in [0.25, 0.3) is 5.78 Å². The Morgan fingerprint density at radius 2 is 1.72 bits per heavy atom. The van der Waals surface area contributed by atoms with Gasteiger partial charge in [-0.15, -0.1) is 0 Å². The highest BCUT2D eigenvalue weighted by molar-refractivity contribution is 7.22. The molecule has 5 rings (SSSR count). The molecule has 1 amide bonds. The van der Waals surface area contributed by atoms with Crippen LogP contribution in [-0.4, -0.2) is 42.6 Å². The Morgan fingerprint density at radius 3 is 2.41 bits per heavy atom. The molecular weight excluding hydrogens is 516 g/mol. The predicted molar refractivity (Wildman–Crippen MR) is 151 cm³/mol. The monoisotopic (exact) mass is 544 g/mol. The van der Waals surface area contributed by atoms with Crippen LogP contribution in [-0.2, 0) is 9.59 Å². The van der Waals surface area contributed by atoms with Crippen molar-refractivity contribution < 1.29 is 28.9 Å². The van der Waals surface area contributed by atoms with Crippen molar-refractivity contribution in [2.45, 2.75) is 26.8 Å². The Kier molecular flexibility index (Phi) is 7.01. The molecule has 1 atom stereocenters. The molecule has 1 saturated heterocycles. The second-order valence-electron chi connectivity index (χ2n) is 9.16. The van der Waals surface area contributed by atoms with E-state index in [2.05, 4.69) is 4.98 Å². The third-order valence-corrected chi connectivity index (χ3v) is 7.67. The topological polar surface area (TPSA) is 98.2 Å². The fourth-order valence-corrected chi connectivity index (χ4v) is 5.87. The Morgan fingerprint density at radius 1 is 0.974 bits per heavy atom. The van der Waals surface area contributed by atoms with Crippen LogP contribution in [0.1, 0.15) is 35.2 Å². The molecule has 0 spiro atoms. The first kappa shape index (κ1) is 26.2. The molecule has 2 heterocycles. The number of nitrogens with zero attached hydrogens (tertiary/aromatic N) is 2. The number of aryl methyl sites for hydroxylation is 2. The summed E-state index contributed by atoms with van der Waals surface area (Å²) in [6.45, 7) is 6.13. The van der Waals surface area contributed by atoms with Gasteiger partial charge in [-0.25, -0.2) is 4.98 Å². The van der Waals surface area contributed by atoms with Crippen molar-refractivity contribution in [2.75, 3.05) is 25.7 Å². The lowest BCUT2D eigenvalue weighted by Crippen LogP contribution is -2.29. The van der Waals surface area contributed by atoms with Crippen molar-refractivity contribution in [3.63, 3.8) is 0 Å². The Balaban J connectivity index is 1.73. The maximum atomic E-state index is 13.6. The van der Waals surface area contributed by atoms with E-state index in [1.807, 2.05) is 39.0 Å². The van der Waals surface area contributed by atoms with Gasteiger partial charge in [0.1, 0.15) is 11.5 Å². The van der Waals surface area contributed by atoms with Crippen molar-refractivity contribution in [3.8, 4) is 17.2 Å². The molecule has 9 heteroatoms. The highest BCUT2D eigenvalue weighted by Crippen LogP contribution is 2.46. The molecule has 0 aliphatic carbocycles. The number of carbonyl (C=O) groups is 2. The van der Waals surface area contributed by atoms with Crippen LogP contribution >= 0.6 is 11.3 Å². The third-order valence-electron chi connectivity index (χ3n) is 6.65. The zero-order valence-corrected chi connectivity index (χ0v) is 23.1. The molecule has 200 valence electrons. The van der Waals surface area contributed by atoms with Crippen molar-refractivity contribution in [2.24, 2.45) is 0 Å². The standard InChI is InChI=1S/C30H28N2O6S/c1-6-38-22-12-8-18(15-23(22)37-5)26-25(27(33)19-9-11-21(36-4)17(3)14-19)28(34)29(35)32(26)30-31-20-10-7-16(2)13-24(20)39-30/h7-15,26,33H,6H2,1-5H3/b27-25+/t26-/m1/s1. The van der Waals surface area contributed by atoms with E-state index in [0.717, 1.165) is 21.3 Å². The van der Waals surface area contributed by atoms with Gasteiger partial charge in [0, 0.05) is 5.56 Å². The maximum Gasteiger partial charge on any atom is 0.301 e. The second kappa shape index (κ2) is 10.4. The van der Waals surface area contributed by atoms with E-state index in [1.54, 1.807) is 43.5 Å². The molecule has 3 aromatic carbocycles. The van der Waals surface area contributed by atoms with E-state index in [0.29, 0.717) is 40.1 Å². The molecule has 0 unspecified atom stereocenters. The number of hydrogen-bond acceptors (Lipinski definition) is 8. The molecule has 4 aromatic rings. The first-order valence-corrected chi connectivity index (χ1v) is 13.2. The number of anilines is 1. The number of Topliss-reactive ketones (excluding diaryl/α,β-unsaturated/α-hetero) is 1. The number of aliphatic hydroxyl groups is 1. The predicted octanol–water partition coefficient (Wildman–Crippen LogP) is 5.96. The largest absolute Gasteiger partial charge is 0.507 e. The van der Waals surface area contributed by atoms with Crippen molar-refractivity contribution >= 4 is 44.1 Å². The highest BCUT2D eigenvalue weighted by atomic mass is 32.1. The van der Waals surface area contributed by atoms with Crippen LogP contribution in [0, 0.1) is 13.8 Å². The number of hydrogen-bond donors (Lipinski definition) is 1. The molecule has 1 fully saturated rings. The van der Waals surface area contributed by atoms with Crippen LogP contribution < -0.4 is 19.1 Å². The van der Waals surface area contributed by atoms with Crippen LogP contribution in [0.15, 0.2) is 60.2 Å². The number of aromatic nitrogens is 1. The number of methoxy groups -OCH3 is 2. The molecule has 0 bridgehead atoms. The van der Waals surface area contributed by atoms with Gasteiger partial charge >= 0.3 is 5.91 Å². The molecule has 8 nitrogen and oxygen atoms in total. The lowest BCUT2D eigenvalue weighted by molar-refractivity contribution is -0.132. The summed E-state index contributed by atoms with van der Waals surface area (Å²) in [5.41, 5.74) is 3.48. The fourth-order valence-electron chi connectivity index (χ4n) is 4.78. The van der Waals surface area contributed by atoms with Gasteiger partial charge in [0.05, 0.1) is 42.7 Å².